The SMILES string of the molecule is CC(CCC[C@@H](C)[C@H]1CC[C@H]2[C@@H]3CC=C4C[C@@H](O)CC[C@]4(C)[C@H]3CC[C@]12C)C(NCCN(C)C)C(=O)O. The smallest absolute Gasteiger partial charge is 0.320 e. The Labute approximate surface area is 226 Å². The van der Waals surface area contributed by atoms with E-state index in [1.54, 1.807) is 5.57 Å². The first kappa shape index (κ1) is 29.1. The normalized spacial score (nSPS) is 39.8. The molecule has 3 saturated carbocycles. The molecule has 0 aromatic carbocycles. The Bertz CT molecular complexity index is 827. The minimum absolute atomic E-state index is 0.122. The summed E-state index contributed by atoms with van der Waals surface area (Å²) < 4.78 is 0. The van der Waals surface area contributed by atoms with Gasteiger partial charge in [-0.25, -0.2) is 0 Å². The van der Waals surface area contributed by atoms with E-state index >= 15 is 0 Å². The van der Waals surface area contributed by atoms with Crippen molar-refractivity contribution in [3.63, 3.8) is 0 Å². The lowest BCUT2D eigenvalue weighted by Crippen LogP contribution is -2.50. The van der Waals surface area contributed by atoms with Crippen LogP contribution in [-0.4, -0.2) is 60.4 Å². The van der Waals surface area contributed by atoms with Gasteiger partial charge < -0.3 is 20.4 Å². The predicted octanol–water partition coefficient (Wildman–Crippen LogP) is 5.97. The first-order valence-electron chi connectivity index (χ1n) is 15.5. The van der Waals surface area contributed by atoms with E-state index in [1.807, 2.05) is 14.1 Å². The van der Waals surface area contributed by atoms with Crippen LogP contribution >= 0.6 is 0 Å². The molecule has 0 radical (unpaired) electrons. The molecular formula is C32H56N2O3. The fourth-order valence-corrected chi connectivity index (χ4v) is 9.72. The van der Waals surface area contributed by atoms with Gasteiger partial charge in [-0.15, -0.1) is 0 Å². The van der Waals surface area contributed by atoms with Gasteiger partial charge in [0.15, 0.2) is 0 Å². The third-order valence-corrected chi connectivity index (χ3v) is 11.9. The van der Waals surface area contributed by atoms with Crippen LogP contribution in [-0.2, 0) is 4.79 Å². The summed E-state index contributed by atoms with van der Waals surface area (Å²) in [5, 5.41) is 23.3. The highest BCUT2D eigenvalue weighted by atomic mass is 16.4. The number of carboxylic acids is 1. The molecular weight excluding hydrogens is 460 g/mol. The maximum absolute atomic E-state index is 11.9. The van der Waals surface area contributed by atoms with E-state index in [-0.39, 0.29) is 12.0 Å². The molecule has 3 fully saturated rings. The van der Waals surface area contributed by atoms with Gasteiger partial charge in [0.05, 0.1) is 6.10 Å². The number of likely N-dealkylation sites (N-methyl/N-ethyl adjacent to an activating group) is 1. The molecule has 4 rings (SSSR count). The molecule has 4 aliphatic carbocycles. The molecule has 3 N–H and O–H groups in total. The molecule has 212 valence electrons. The van der Waals surface area contributed by atoms with Gasteiger partial charge in [0.2, 0.25) is 0 Å². The van der Waals surface area contributed by atoms with Crippen LogP contribution in [0.25, 0.3) is 0 Å². The molecule has 10 atom stereocenters. The Hall–Kier alpha value is -0.910. The van der Waals surface area contributed by atoms with Crippen molar-refractivity contribution < 1.29 is 15.0 Å². The Morgan fingerprint density at radius 3 is 2.57 bits per heavy atom. The lowest BCUT2D eigenvalue weighted by molar-refractivity contribution is -0.140. The largest absolute Gasteiger partial charge is 0.480 e. The lowest BCUT2D eigenvalue weighted by Gasteiger charge is -2.58. The summed E-state index contributed by atoms with van der Waals surface area (Å²) in [5.74, 6) is 3.41. The second-order valence-corrected chi connectivity index (χ2v) is 14.3. The van der Waals surface area contributed by atoms with E-state index in [0.29, 0.717) is 23.3 Å². The number of hydrogen-bond donors (Lipinski definition) is 3. The summed E-state index contributed by atoms with van der Waals surface area (Å²) in [6, 6.07) is -0.453. The molecule has 0 saturated heterocycles. The molecule has 0 aliphatic heterocycles. The minimum Gasteiger partial charge on any atom is -0.480 e. The van der Waals surface area contributed by atoms with Crippen molar-refractivity contribution in [2.45, 2.75) is 110 Å². The molecule has 5 heteroatoms. The number of allylic oxidation sites excluding steroid dienone is 1. The van der Waals surface area contributed by atoms with E-state index < -0.39 is 12.0 Å². The van der Waals surface area contributed by atoms with Crippen molar-refractivity contribution in [2.75, 3.05) is 27.2 Å². The van der Waals surface area contributed by atoms with E-state index in [2.05, 4.69) is 44.0 Å². The number of nitrogens with one attached hydrogen (secondary N) is 1. The standard InChI is InChI=1S/C32H56N2O3/c1-21(8-7-9-22(2)29(30(36)37)33-18-19-34(5)6)26-12-13-27-25-11-10-23-20-24(35)14-16-31(23,3)28(25)15-17-32(26,27)4/h10,21-22,24-29,33,35H,7-9,11-20H2,1-6H3,(H,36,37)/t21-,22?,24+,25+,26-,27+,28+,29?,31+,32-/m1/s1. The van der Waals surface area contributed by atoms with Crippen LogP contribution in [0.2, 0.25) is 0 Å². The summed E-state index contributed by atoms with van der Waals surface area (Å²) in [6.07, 6.45) is 15.5. The Morgan fingerprint density at radius 1 is 1.11 bits per heavy atom. The number of nitrogens with zero attached hydrogens (tertiary/aromatic N) is 1. The van der Waals surface area contributed by atoms with E-state index in [4.69, 9.17) is 0 Å². The van der Waals surface area contributed by atoms with Crippen LogP contribution in [0.4, 0.5) is 0 Å². The number of aliphatic hydroxyl groups excluding tert-OH is 1. The molecule has 2 unspecified atom stereocenters. The van der Waals surface area contributed by atoms with Crippen LogP contribution in [0.5, 0.6) is 0 Å². The fraction of sp³-hybridized carbons (Fsp3) is 0.906. The first-order chi connectivity index (χ1) is 17.5. The zero-order valence-electron chi connectivity index (χ0n) is 24.6. The molecule has 0 amide bonds. The lowest BCUT2D eigenvalue weighted by atomic mass is 9.47. The summed E-state index contributed by atoms with van der Waals surface area (Å²) in [6.45, 7) is 11.3. The van der Waals surface area contributed by atoms with E-state index in [1.165, 1.54) is 44.9 Å². The summed E-state index contributed by atoms with van der Waals surface area (Å²) in [5.41, 5.74) is 2.35. The topological polar surface area (TPSA) is 72.8 Å². The maximum atomic E-state index is 11.9. The Balaban J connectivity index is 1.33. The average molecular weight is 517 g/mol. The maximum Gasteiger partial charge on any atom is 0.320 e. The van der Waals surface area contributed by atoms with Crippen LogP contribution in [0.1, 0.15) is 98.3 Å². The molecule has 0 bridgehead atoms. The third-order valence-electron chi connectivity index (χ3n) is 11.9. The number of rotatable bonds is 11. The highest BCUT2D eigenvalue weighted by molar-refractivity contribution is 5.73. The quantitative estimate of drug-likeness (QED) is 0.295. The van der Waals surface area contributed by atoms with Crippen molar-refractivity contribution in [2.24, 2.45) is 46.3 Å². The van der Waals surface area contributed by atoms with Gasteiger partial charge in [-0.3, -0.25) is 4.79 Å². The van der Waals surface area contributed by atoms with Crippen LogP contribution < -0.4 is 5.32 Å². The van der Waals surface area contributed by atoms with Crippen molar-refractivity contribution in [1.29, 1.82) is 0 Å². The number of aliphatic carboxylic acids is 1. The summed E-state index contributed by atoms with van der Waals surface area (Å²) >= 11 is 0. The van der Waals surface area contributed by atoms with Crippen LogP contribution in [0.15, 0.2) is 11.6 Å². The number of hydrogen-bond acceptors (Lipinski definition) is 4. The second-order valence-electron chi connectivity index (χ2n) is 14.3. The zero-order valence-corrected chi connectivity index (χ0v) is 24.6. The van der Waals surface area contributed by atoms with Crippen molar-refractivity contribution in [1.82, 2.24) is 10.2 Å². The van der Waals surface area contributed by atoms with Crippen LogP contribution in [0.3, 0.4) is 0 Å². The summed E-state index contributed by atoms with van der Waals surface area (Å²) in [4.78, 5) is 14.0. The van der Waals surface area contributed by atoms with Gasteiger partial charge in [0, 0.05) is 13.1 Å². The zero-order chi connectivity index (χ0) is 27.0. The third kappa shape index (κ3) is 5.84. The first-order valence-corrected chi connectivity index (χ1v) is 15.5. The fourth-order valence-electron chi connectivity index (χ4n) is 9.72. The Morgan fingerprint density at radius 2 is 1.86 bits per heavy atom. The second kappa shape index (κ2) is 11.7. The molecule has 0 heterocycles. The van der Waals surface area contributed by atoms with Gasteiger partial charge in [0.1, 0.15) is 6.04 Å². The minimum atomic E-state index is -0.715. The summed E-state index contributed by atoms with van der Waals surface area (Å²) in [7, 11) is 4.04. The number of fused-ring (bicyclic) bond motifs is 5. The van der Waals surface area contributed by atoms with Gasteiger partial charge in [0.25, 0.3) is 0 Å². The number of carbonyl (C=O) groups is 1. The van der Waals surface area contributed by atoms with E-state index in [0.717, 1.165) is 55.9 Å². The number of aliphatic hydroxyl groups is 1. The predicted molar refractivity (Wildman–Crippen MR) is 151 cm³/mol. The monoisotopic (exact) mass is 516 g/mol. The Kier molecular flexibility index (Phi) is 9.18. The highest BCUT2D eigenvalue weighted by Crippen LogP contribution is 2.67. The van der Waals surface area contributed by atoms with Crippen molar-refractivity contribution in [3.8, 4) is 0 Å². The molecule has 5 nitrogen and oxygen atoms in total. The van der Waals surface area contributed by atoms with Crippen LogP contribution in [0, 0.1) is 46.3 Å². The van der Waals surface area contributed by atoms with E-state index in [9.17, 15) is 15.0 Å². The average Bonchev–Trinajstić information content (AvgIpc) is 3.19. The molecule has 0 aromatic rings. The van der Waals surface area contributed by atoms with Gasteiger partial charge in [-0.2, -0.15) is 0 Å². The highest BCUT2D eigenvalue weighted by Gasteiger charge is 2.59. The van der Waals surface area contributed by atoms with Gasteiger partial charge >= 0.3 is 5.97 Å². The van der Waals surface area contributed by atoms with Crippen molar-refractivity contribution >= 4 is 5.97 Å². The van der Waals surface area contributed by atoms with Crippen molar-refractivity contribution in [3.05, 3.63) is 11.6 Å². The number of carboxylic acid groups (broad SMARTS) is 1. The molecule has 4 aliphatic rings. The van der Waals surface area contributed by atoms with Gasteiger partial charge in [-0.05, 0) is 118 Å². The van der Waals surface area contributed by atoms with Gasteiger partial charge in [-0.1, -0.05) is 52.2 Å². The molecule has 0 spiro atoms. The molecule has 0 aromatic heterocycles. The molecule has 37 heavy (non-hydrogen) atoms.